The van der Waals surface area contributed by atoms with Crippen molar-refractivity contribution in [2.75, 3.05) is 14.1 Å². The molecule has 1 aliphatic heterocycles. The van der Waals surface area contributed by atoms with Gasteiger partial charge in [0, 0.05) is 31.9 Å². The second kappa shape index (κ2) is 4.44. The van der Waals surface area contributed by atoms with Crippen molar-refractivity contribution in [1.82, 2.24) is 15.0 Å². The van der Waals surface area contributed by atoms with Crippen LogP contribution in [0.15, 0.2) is 23.3 Å². The summed E-state index contributed by atoms with van der Waals surface area (Å²) < 4.78 is 0. The maximum atomic E-state index is 4.67. The number of hydrazine groups is 1. The zero-order valence-corrected chi connectivity index (χ0v) is 11.8. The molecule has 4 nitrogen and oxygen atoms in total. The van der Waals surface area contributed by atoms with Gasteiger partial charge < -0.3 is 0 Å². The largest absolute Gasteiger partial charge is 0.292 e. The fourth-order valence-corrected chi connectivity index (χ4v) is 1.97. The lowest BCUT2D eigenvalue weighted by molar-refractivity contribution is 0.180. The molecule has 0 atom stereocenters. The topological polar surface area (TPSA) is 31.7 Å². The molecule has 1 saturated heterocycles. The molecule has 0 bridgehead atoms. The third-order valence-electron chi connectivity index (χ3n) is 3.51. The van der Waals surface area contributed by atoms with Gasteiger partial charge in [0.2, 0.25) is 0 Å². The molecule has 96 valence electrons. The molecule has 0 saturated carbocycles. The van der Waals surface area contributed by atoms with Crippen molar-refractivity contribution in [3.63, 3.8) is 0 Å². The summed E-state index contributed by atoms with van der Waals surface area (Å²) in [6.07, 6.45) is 0.779. The van der Waals surface area contributed by atoms with Crippen LogP contribution in [0.2, 0.25) is 0 Å². The molecule has 0 spiro atoms. The Bertz CT molecular complexity index is 531. The highest BCUT2D eigenvalue weighted by Crippen LogP contribution is 2.24. The van der Waals surface area contributed by atoms with Crippen LogP contribution in [0, 0.1) is 20.8 Å². The molecule has 4 heteroatoms. The SMILES string of the molecule is C=C1CC(=Nc2nc(C)c(C)cc2C)N(C)N1C. The Labute approximate surface area is 109 Å². The molecule has 2 rings (SSSR count). The first kappa shape index (κ1) is 12.6. The highest BCUT2D eigenvalue weighted by atomic mass is 15.6. The van der Waals surface area contributed by atoms with Gasteiger partial charge in [-0.3, -0.25) is 10.0 Å². The van der Waals surface area contributed by atoms with Gasteiger partial charge in [-0.1, -0.05) is 12.6 Å². The maximum Gasteiger partial charge on any atom is 0.157 e. The standard InChI is InChI=1S/C14H20N4/c1-9-7-10(2)14(15-12(9)4)16-13-8-11(3)17(5)18(13)6/h7H,3,8H2,1-2,4-6H3. The van der Waals surface area contributed by atoms with Crippen molar-refractivity contribution < 1.29 is 0 Å². The lowest BCUT2D eigenvalue weighted by Crippen LogP contribution is -2.31. The summed E-state index contributed by atoms with van der Waals surface area (Å²) in [6, 6.07) is 2.13. The van der Waals surface area contributed by atoms with E-state index in [1.807, 2.05) is 38.0 Å². The number of hydrogen-bond acceptors (Lipinski definition) is 3. The summed E-state index contributed by atoms with van der Waals surface area (Å²) in [5.74, 6) is 1.80. The van der Waals surface area contributed by atoms with Crippen LogP contribution >= 0.6 is 0 Å². The molecular weight excluding hydrogens is 224 g/mol. The van der Waals surface area contributed by atoms with Crippen LogP contribution < -0.4 is 0 Å². The first-order chi connectivity index (χ1) is 8.40. The van der Waals surface area contributed by atoms with Crippen LogP contribution in [0.5, 0.6) is 0 Å². The van der Waals surface area contributed by atoms with Crippen molar-refractivity contribution >= 4 is 11.7 Å². The van der Waals surface area contributed by atoms with Gasteiger partial charge in [-0.25, -0.2) is 9.98 Å². The van der Waals surface area contributed by atoms with Gasteiger partial charge in [0.05, 0.1) is 0 Å². The van der Waals surface area contributed by atoms with Crippen LogP contribution in [-0.4, -0.2) is 34.9 Å². The van der Waals surface area contributed by atoms with E-state index in [1.165, 1.54) is 5.56 Å². The Kier molecular flexibility index (Phi) is 3.11. The summed E-state index contributed by atoms with van der Waals surface area (Å²) in [4.78, 5) is 9.23. The number of aromatic nitrogens is 1. The minimum absolute atomic E-state index is 0.779. The molecule has 0 unspecified atom stereocenters. The van der Waals surface area contributed by atoms with Crippen LogP contribution in [0.25, 0.3) is 0 Å². The van der Waals surface area contributed by atoms with Crippen molar-refractivity contribution in [2.24, 2.45) is 4.99 Å². The second-order valence-electron chi connectivity index (χ2n) is 4.85. The number of pyridine rings is 1. The fraction of sp³-hybridized carbons (Fsp3) is 0.429. The lowest BCUT2D eigenvalue weighted by Gasteiger charge is -2.23. The highest BCUT2D eigenvalue weighted by Gasteiger charge is 2.23. The second-order valence-corrected chi connectivity index (χ2v) is 4.85. The van der Waals surface area contributed by atoms with Gasteiger partial charge in [-0.2, -0.15) is 0 Å². The molecule has 18 heavy (non-hydrogen) atoms. The molecule has 0 N–H and O–H groups in total. The van der Waals surface area contributed by atoms with Gasteiger partial charge in [0.25, 0.3) is 0 Å². The average Bonchev–Trinajstić information content (AvgIpc) is 2.54. The Balaban J connectivity index is 2.40. The monoisotopic (exact) mass is 244 g/mol. The van der Waals surface area contributed by atoms with Crippen LogP contribution in [-0.2, 0) is 0 Å². The van der Waals surface area contributed by atoms with E-state index in [2.05, 4.69) is 29.5 Å². The summed E-state index contributed by atoms with van der Waals surface area (Å²) in [5.41, 5.74) is 4.41. The normalized spacial score (nSPS) is 18.1. The van der Waals surface area contributed by atoms with Crippen LogP contribution in [0.4, 0.5) is 5.82 Å². The molecular formula is C14H20N4. The number of aryl methyl sites for hydroxylation is 3. The number of nitrogens with zero attached hydrogens (tertiary/aromatic N) is 4. The third kappa shape index (κ3) is 2.10. The number of hydrogen-bond donors (Lipinski definition) is 0. The fourth-order valence-electron chi connectivity index (χ4n) is 1.97. The zero-order valence-electron chi connectivity index (χ0n) is 11.8. The van der Waals surface area contributed by atoms with Crippen LogP contribution in [0.3, 0.4) is 0 Å². The van der Waals surface area contributed by atoms with E-state index < -0.39 is 0 Å². The smallest absolute Gasteiger partial charge is 0.157 e. The van der Waals surface area contributed by atoms with E-state index >= 15 is 0 Å². The Hall–Kier alpha value is -1.84. The number of aliphatic imine (C=N–C) groups is 1. The van der Waals surface area contributed by atoms with Gasteiger partial charge in [-0.15, -0.1) is 0 Å². The molecule has 1 aromatic rings. The van der Waals surface area contributed by atoms with Gasteiger partial charge in [-0.05, 0) is 31.9 Å². The van der Waals surface area contributed by atoms with E-state index in [-0.39, 0.29) is 0 Å². The Morgan fingerprint density at radius 2 is 1.83 bits per heavy atom. The highest BCUT2D eigenvalue weighted by molar-refractivity contribution is 5.88. The molecule has 0 amide bonds. The van der Waals surface area contributed by atoms with E-state index in [1.54, 1.807) is 0 Å². The van der Waals surface area contributed by atoms with Crippen molar-refractivity contribution in [2.45, 2.75) is 27.2 Å². The third-order valence-corrected chi connectivity index (χ3v) is 3.51. The molecule has 1 fully saturated rings. The Morgan fingerprint density at radius 3 is 2.39 bits per heavy atom. The maximum absolute atomic E-state index is 4.67. The predicted molar refractivity (Wildman–Crippen MR) is 74.8 cm³/mol. The molecule has 0 radical (unpaired) electrons. The zero-order chi connectivity index (χ0) is 13.4. The summed E-state index contributed by atoms with van der Waals surface area (Å²) >= 11 is 0. The van der Waals surface area contributed by atoms with Gasteiger partial charge in [0.1, 0.15) is 5.84 Å². The van der Waals surface area contributed by atoms with Crippen molar-refractivity contribution in [1.29, 1.82) is 0 Å². The quantitative estimate of drug-likeness (QED) is 0.761. The molecule has 0 aromatic carbocycles. The van der Waals surface area contributed by atoms with Gasteiger partial charge in [0.15, 0.2) is 5.82 Å². The summed E-state index contributed by atoms with van der Waals surface area (Å²) in [7, 11) is 3.99. The summed E-state index contributed by atoms with van der Waals surface area (Å²) in [5, 5.41) is 4.02. The lowest BCUT2D eigenvalue weighted by atomic mass is 10.1. The summed E-state index contributed by atoms with van der Waals surface area (Å²) in [6.45, 7) is 10.2. The van der Waals surface area contributed by atoms with E-state index in [0.717, 1.165) is 35.0 Å². The first-order valence-corrected chi connectivity index (χ1v) is 6.07. The first-order valence-electron chi connectivity index (χ1n) is 6.07. The van der Waals surface area contributed by atoms with E-state index in [9.17, 15) is 0 Å². The van der Waals surface area contributed by atoms with E-state index in [0.29, 0.717) is 0 Å². The van der Waals surface area contributed by atoms with E-state index in [4.69, 9.17) is 0 Å². The Morgan fingerprint density at radius 1 is 1.17 bits per heavy atom. The molecule has 1 aromatic heterocycles. The molecule has 2 heterocycles. The molecule has 0 aliphatic carbocycles. The average molecular weight is 244 g/mol. The number of rotatable bonds is 1. The predicted octanol–water partition coefficient (Wildman–Crippen LogP) is 2.73. The van der Waals surface area contributed by atoms with Crippen LogP contribution in [0.1, 0.15) is 23.2 Å². The minimum atomic E-state index is 0.779. The minimum Gasteiger partial charge on any atom is -0.292 e. The van der Waals surface area contributed by atoms with Crippen molar-refractivity contribution in [3.8, 4) is 0 Å². The van der Waals surface area contributed by atoms with Crippen molar-refractivity contribution in [3.05, 3.63) is 35.2 Å². The number of amidine groups is 1. The van der Waals surface area contributed by atoms with Gasteiger partial charge >= 0.3 is 0 Å². The molecule has 1 aliphatic rings.